The van der Waals surface area contributed by atoms with Gasteiger partial charge in [0.15, 0.2) is 5.78 Å². The van der Waals surface area contributed by atoms with Gasteiger partial charge in [0, 0.05) is 23.3 Å². The average Bonchev–Trinajstić information content (AvgIpc) is 2.79. The van der Waals surface area contributed by atoms with Crippen LogP contribution in [0.5, 0.6) is 5.95 Å². The minimum Gasteiger partial charge on any atom is -0.481 e. The van der Waals surface area contributed by atoms with Crippen molar-refractivity contribution in [3.63, 3.8) is 0 Å². The first-order chi connectivity index (χ1) is 8.74. The van der Waals surface area contributed by atoms with Crippen LogP contribution in [0.2, 0.25) is 0 Å². The summed E-state index contributed by atoms with van der Waals surface area (Å²) in [7, 11) is 0. The molecule has 0 saturated heterocycles. The quantitative estimate of drug-likeness (QED) is 0.832. The predicted octanol–water partition coefficient (Wildman–Crippen LogP) is 2.86. The van der Waals surface area contributed by atoms with Crippen LogP contribution in [-0.2, 0) is 0 Å². The lowest BCUT2D eigenvalue weighted by atomic mass is 9.94. The van der Waals surface area contributed by atoms with Crippen LogP contribution in [0, 0.1) is 0 Å². The molecule has 1 aromatic carbocycles. The molecule has 0 amide bonds. The summed E-state index contributed by atoms with van der Waals surface area (Å²) < 4.78 is 4.98. The van der Waals surface area contributed by atoms with Crippen molar-refractivity contribution >= 4 is 17.4 Å². The normalized spacial score (nSPS) is 16.0. The number of carbonyl (C=O) groups is 1. The molecule has 0 radical (unpaired) electrons. The zero-order valence-electron chi connectivity index (χ0n) is 9.33. The molecular formula is C14H9NO3. The van der Waals surface area contributed by atoms with Crippen molar-refractivity contribution in [1.82, 2.24) is 0 Å². The molecule has 0 aliphatic heterocycles. The van der Waals surface area contributed by atoms with Gasteiger partial charge in [0.2, 0.25) is 5.88 Å². The fourth-order valence-electron chi connectivity index (χ4n) is 1.85. The highest BCUT2D eigenvalue weighted by molar-refractivity contribution is 6.24. The van der Waals surface area contributed by atoms with E-state index in [1.807, 2.05) is 18.2 Å². The van der Waals surface area contributed by atoms with Gasteiger partial charge in [-0.1, -0.05) is 24.3 Å². The Morgan fingerprint density at radius 2 is 1.78 bits per heavy atom. The van der Waals surface area contributed by atoms with Crippen LogP contribution in [-0.4, -0.2) is 16.6 Å². The van der Waals surface area contributed by atoms with Crippen molar-refractivity contribution in [2.45, 2.75) is 0 Å². The lowest BCUT2D eigenvalue weighted by Gasteiger charge is -2.10. The Morgan fingerprint density at radius 1 is 1.00 bits per heavy atom. The molecule has 1 aromatic heterocycles. The van der Waals surface area contributed by atoms with Gasteiger partial charge in [-0.3, -0.25) is 4.79 Å². The number of carbonyl (C=O) groups excluding carboxylic acids is 1. The first-order valence-corrected chi connectivity index (χ1v) is 5.43. The largest absolute Gasteiger partial charge is 0.481 e. The SMILES string of the molecule is O=C1C=CC(=Nc2ccc(O)o2)c2ccccc21. The Morgan fingerprint density at radius 3 is 2.50 bits per heavy atom. The molecule has 4 heteroatoms. The Balaban J connectivity index is 2.11. The van der Waals surface area contributed by atoms with Crippen LogP contribution in [0.25, 0.3) is 0 Å². The maximum atomic E-state index is 11.7. The zero-order chi connectivity index (χ0) is 12.5. The summed E-state index contributed by atoms with van der Waals surface area (Å²) in [6.45, 7) is 0. The smallest absolute Gasteiger partial charge is 0.283 e. The minimum absolute atomic E-state index is 0.0353. The number of benzene rings is 1. The number of nitrogens with zero attached hydrogens (tertiary/aromatic N) is 1. The molecule has 0 saturated carbocycles. The summed E-state index contributed by atoms with van der Waals surface area (Å²) >= 11 is 0. The molecule has 18 heavy (non-hydrogen) atoms. The lowest BCUT2D eigenvalue weighted by Crippen LogP contribution is -2.11. The van der Waals surface area contributed by atoms with Crippen LogP contribution < -0.4 is 0 Å². The van der Waals surface area contributed by atoms with Crippen LogP contribution in [0.1, 0.15) is 15.9 Å². The van der Waals surface area contributed by atoms with Gasteiger partial charge in [0.1, 0.15) is 0 Å². The molecule has 1 N–H and O–H groups in total. The van der Waals surface area contributed by atoms with E-state index in [-0.39, 0.29) is 11.7 Å². The molecule has 2 aromatic rings. The average molecular weight is 239 g/mol. The van der Waals surface area contributed by atoms with E-state index < -0.39 is 0 Å². The number of hydrogen-bond donors (Lipinski definition) is 1. The zero-order valence-corrected chi connectivity index (χ0v) is 9.33. The van der Waals surface area contributed by atoms with Crippen molar-refractivity contribution < 1.29 is 14.3 Å². The molecule has 1 aliphatic carbocycles. The van der Waals surface area contributed by atoms with Gasteiger partial charge >= 0.3 is 0 Å². The molecule has 0 fully saturated rings. The molecule has 1 heterocycles. The first-order valence-electron chi connectivity index (χ1n) is 5.43. The summed E-state index contributed by atoms with van der Waals surface area (Å²) in [6.07, 6.45) is 3.12. The topological polar surface area (TPSA) is 62.8 Å². The fraction of sp³-hybridized carbons (Fsp3) is 0. The molecular weight excluding hydrogens is 230 g/mol. The number of fused-ring (bicyclic) bond motifs is 1. The van der Waals surface area contributed by atoms with Gasteiger partial charge in [0.25, 0.3) is 5.95 Å². The third-order valence-corrected chi connectivity index (χ3v) is 2.67. The molecule has 0 unspecified atom stereocenters. The van der Waals surface area contributed by atoms with Crippen LogP contribution in [0.15, 0.2) is 58.0 Å². The van der Waals surface area contributed by atoms with Gasteiger partial charge in [-0.25, -0.2) is 4.99 Å². The Labute approximate surface area is 103 Å². The monoisotopic (exact) mass is 239 g/mol. The van der Waals surface area contributed by atoms with E-state index in [9.17, 15) is 4.79 Å². The summed E-state index contributed by atoms with van der Waals surface area (Å²) in [6, 6.07) is 10.2. The van der Waals surface area contributed by atoms with E-state index >= 15 is 0 Å². The second-order valence-electron chi connectivity index (χ2n) is 3.85. The number of rotatable bonds is 1. The first kappa shape index (κ1) is 10.5. The van der Waals surface area contributed by atoms with Crippen LogP contribution in [0.4, 0.5) is 5.88 Å². The highest BCUT2D eigenvalue weighted by Gasteiger charge is 2.16. The van der Waals surface area contributed by atoms with Gasteiger partial charge in [-0.2, -0.15) is 0 Å². The van der Waals surface area contributed by atoms with Crippen LogP contribution in [0.3, 0.4) is 0 Å². The highest BCUT2D eigenvalue weighted by atomic mass is 16.5. The van der Waals surface area contributed by atoms with E-state index in [4.69, 9.17) is 9.52 Å². The second-order valence-corrected chi connectivity index (χ2v) is 3.85. The standard InChI is InChI=1S/C14H9NO3/c16-12-6-5-11(9-3-1-2-4-10(9)12)15-13-7-8-14(17)18-13/h1-8,17H. The van der Waals surface area contributed by atoms with Crippen molar-refractivity contribution in [2.75, 3.05) is 0 Å². The summed E-state index contributed by atoms with van der Waals surface area (Å²) in [4.78, 5) is 15.9. The van der Waals surface area contributed by atoms with E-state index in [1.165, 1.54) is 12.1 Å². The number of hydrogen-bond acceptors (Lipinski definition) is 4. The van der Waals surface area contributed by atoms with Crippen molar-refractivity contribution in [3.05, 3.63) is 59.7 Å². The van der Waals surface area contributed by atoms with Crippen LogP contribution >= 0.6 is 0 Å². The molecule has 88 valence electrons. The molecule has 4 nitrogen and oxygen atoms in total. The maximum absolute atomic E-state index is 11.7. The van der Waals surface area contributed by atoms with E-state index in [2.05, 4.69) is 4.99 Å². The molecule has 3 rings (SSSR count). The Bertz CT molecular complexity index is 680. The van der Waals surface area contributed by atoms with E-state index in [0.717, 1.165) is 5.56 Å². The number of aliphatic imine (C=N–C) groups is 1. The number of furan rings is 1. The number of ketones is 1. The van der Waals surface area contributed by atoms with Crippen molar-refractivity contribution in [3.8, 4) is 5.95 Å². The highest BCUT2D eigenvalue weighted by Crippen LogP contribution is 2.24. The third-order valence-electron chi connectivity index (χ3n) is 2.67. The lowest BCUT2D eigenvalue weighted by molar-refractivity contribution is 0.104. The number of aromatic hydroxyl groups is 1. The maximum Gasteiger partial charge on any atom is 0.283 e. The van der Waals surface area contributed by atoms with E-state index in [1.54, 1.807) is 18.2 Å². The van der Waals surface area contributed by atoms with E-state index in [0.29, 0.717) is 17.2 Å². The van der Waals surface area contributed by atoms with Crippen molar-refractivity contribution in [2.24, 2.45) is 4.99 Å². The van der Waals surface area contributed by atoms with Gasteiger partial charge < -0.3 is 9.52 Å². The van der Waals surface area contributed by atoms with Gasteiger partial charge in [-0.15, -0.1) is 0 Å². The molecule has 1 aliphatic rings. The summed E-state index contributed by atoms with van der Waals surface area (Å²) in [5, 5.41) is 9.11. The minimum atomic E-state index is -0.182. The third kappa shape index (κ3) is 1.73. The van der Waals surface area contributed by atoms with Gasteiger partial charge in [0.05, 0.1) is 5.71 Å². The predicted molar refractivity (Wildman–Crippen MR) is 66.5 cm³/mol. The fourth-order valence-corrected chi connectivity index (χ4v) is 1.85. The molecule has 0 atom stereocenters. The summed E-state index contributed by atoms with van der Waals surface area (Å²) in [5.74, 6) is 0.0849. The Kier molecular flexibility index (Phi) is 2.34. The van der Waals surface area contributed by atoms with Crippen molar-refractivity contribution in [1.29, 1.82) is 0 Å². The molecule has 0 spiro atoms. The number of allylic oxidation sites excluding steroid dienone is 2. The molecule has 0 bridgehead atoms. The Hall–Kier alpha value is -2.62. The summed E-state index contributed by atoms with van der Waals surface area (Å²) in [5.41, 5.74) is 2.02. The van der Waals surface area contributed by atoms with Gasteiger partial charge in [-0.05, 0) is 12.2 Å². The second kappa shape index (κ2) is 4.00.